The molecule has 5 rings (SSSR count). The molecule has 3 heterocycles. The smallest absolute Gasteiger partial charge is 0.345 e. The van der Waals surface area contributed by atoms with Gasteiger partial charge in [-0.3, -0.25) is 4.84 Å². The van der Waals surface area contributed by atoms with E-state index in [4.69, 9.17) is 9.25 Å². The Bertz CT molecular complexity index is 881. The molecular weight excluding hydrogens is 356 g/mol. The summed E-state index contributed by atoms with van der Waals surface area (Å²) in [5.74, 6) is 1.49. The third kappa shape index (κ3) is 3.09. The molecule has 7 nitrogen and oxygen atoms in total. The van der Waals surface area contributed by atoms with Gasteiger partial charge in [0.25, 0.3) is 0 Å². The lowest BCUT2D eigenvalue weighted by Gasteiger charge is -2.27. The molecule has 1 aromatic heterocycles. The van der Waals surface area contributed by atoms with Gasteiger partial charge in [-0.25, -0.2) is 4.79 Å². The first-order valence-electron chi connectivity index (χ1n) is 9.95. The van der Waals surface area contributed by atoms with Gasteiger partial charge in [0.15, 0.2) is 0 Å². The molecule has 28 heavy (non-hydrogen) atoms. The highest BCUT2D eigenvalue weighted by Crippen LogP contribution is 2.40. The number of aromatic nitrogens is 2. The lowest BCUT2D eigenvalue weighted by Crippen LogP contribution is -2.34. The highest BCUT2D eigenvalue weighted by atomic mass is 16.7. The fourth-order valence-corrected chi connectivity index (χ4v) is 4.46. The largest absolute Gasteiger partial charge is 0.423 e. The average molecular weight is 380 g/mol. The Balaban J connectivity index is 1.27. The van der Waals surface area contributed by atoms with Gasteiger partial charge in [0, 0.05) is 12.5 Å². The van der Waals surface area contributed by atoms with E-state index in [1.54, 1.807) is 0 Å². The highest BCUT2D eigenvalue weighted by Gasteiger charge is 2.47. The van der Waals surface area contributed by atoms with Crippen molar-refractivity contribution in [3.05, 3.63) is 59.8 Å². The molecule has 2 aliphatic heterocycles. The lowest BCUT2D eigenvalue weighted by molar-refractivity contribution is -0.140. The van der Waals surface area contributed by atoms with Crippen molar-refractivity contribution in [1.82, 2.24) is 20.2 Å². The van der Waals surface area contributed by atoms with Gasteiger partial charge in [0.2, 0.25) is 11.8 Å². The fraction of sp³-hybridized carbons (Fsp3) is 0.476. The van der Waals surface area contributed by atoms with Gasteiger partial charge in [0.1, 0.15) is 12.6 Å². The molecule has 0 spiro atoms. The number of amides is 2. The highest BCUT2D eigenvalue weighted by molar-refractivity contribution is 5.77. The third-order valence-corrected chi connectivity index (χ3v) is 6.01. The fourth-order valence-electron chi connectivity index (χ4n) is 4.46. The van der Waals surface area contributed by atoms with Crippen molar-refractivity contribution >= 4 is 6.03 Å². The first-order valence-corrected chi connectivity index (χ1v) is 9.95. The van der Waals surface area contributed by atoms with E-state index in [9.17, 15) is 4.79 Å². The summed E-state index contributed by atoms with van der Waals surface area (Å²) in [5, 5.41) is 10.1. The summed E-state index contributed by atoms with van der Waals surface area (Å²) >= 11 is 0. The zero-order valence-corrected chi connectivity index (χ0v) is 15.8. The maximum atomic E-state index is 12.9. The molecule has 1 aliphatic carbocycles. The molecule has 3 atom stereocenters. The number of piperidine rings is 1. The SMILES string of the molecule is C=C1CCC(c2nnc([C@@H]3CC[C@@H]4CN3C(=O)N4OCc3ccccc3)o2)C1. The van der Waals surface area contributed by atoms with Crippen LogP contribution in [0.1, 0.15) is 61.4 Å². The number of nitrogens with zero attached hydrogens (tertiary/aromatic N) is 4. The molecule has 2 aromatic rings. The minimum Gasteiger partial charge on any atom is -0.423 e. The maximum Gasteiger partial charge on any atom is 0.345 e. The summed E-state index contributed by atoms with van der Waals surface area (Å²) in [4.78, 5) is 20.6. The minimum atomic E-state index is -0.167. The Labute approximate surface area is 163 Å². The van der Waals surface area contributed by atoms with Crippen molar-refractivity contribution in [1.29, 1.82) is 0 Å². The van der Waals surface area contributed by atoms with Crippen LogP contribution in [0.4, 0.5) is 4.79 Å². The summed E-state index contributed by atoms with van der Waals surface area (Å²) in [7, 11) is 0. The molecule has 2 amide bonds. The lowest BCUT2D eigenvalue weighted by atomic mass is 10.0. The van der Waals surface area contributed by atoms with E-state index in [1.165, 1.54) is 10.6 Å². The molecule has 0 N–H and O–H groups in total. The van der Waals surface area contributed by atoms with Crippen LogP contribution in [0.15, 0.2) is 46.9 Å². The predicted molar refractivity (Wildman–Crippen MR) is 101 cm³/mol. The summed E-state index contributed by atoms with van der Waals surface area (Å²) in [6, 6.07) is 9.68. The zero-order valence-electron chi connectivity index (χ0n) is 15.8. The number of allylic oxidation sites excluding steroid dienone is 1. The number of hydroxylamine groups is 2. The normalized spacial score (nSPS) is 27.1. The van der Waals surface area contributed by atoms with Gasteiger partial charge < -0.3 is 9.32 Å². The van der Waals surface area contributed by atoms with Crippen LogP contribution in [0.2, 0.25) is 0 Å². The van der Waals surface area contributed by atoms with Crippen LogP contribution >= 0.6 is 0 Å². The number of carbonyl (C=O) groups is 1. The molecule has 3 fully saturated rings. The molecule has 2 bridgehead atoms. The minimum absolute atomic E-state index is 0.0769. The molecule has 1 unspecified atom stereocenters. The van der Waals surface area contributed by atoms with E-state index in [1.807, 2.05) is 35.2 Å². The van der Waals surface area contributed by atoms with Gasteiger partial charge in [0.05, 0.1) is 6.04 Å². The quantitative estimate of drug-likeness (QED) is 0.734. The molecule has 1 saturated carbocycles. The van der Waals surface area contributed by atoms with Crippen molar-refractivity contribution in [3.63, 3.8) is 0 Å². The van der Waals surface area contributed by atoms with Crippen molar-refractivity contribution in [2.45, 2.75) is 56.7 Å². The summed E-state index contributed by atoms with van der Waals surface area (Å²) in [6.45, 7) is 5.07. The van der Waals surface area contributed by atoms with E-state index in [-0.39, 0.29) is 24.0 Å². The molecule has 0 radical (unpaired) electrons. The second-order valence-electron chi connectivity index (χ2n) is 7.93. The van der Waals surface area contributed by atoms with Crippen molar-refractivity contribution < 1.29 is 14.0 Å². The Morgan fingerprint density at radius 1 is 1.14 bits per heavy atom. The van der Waals surface area contributed by atoms with E-state index in [0.717, 1.165) is 37.7 Å². The van der Waals surface area contributed by atoms with E-state index < -0.39 is 0 Å². The van der Waals surface area contributed by atoms with Gasteiger partial charge in [-0.15, -0.1) is 10.2 Å². The average Bonchev–Trinajstić information content (AvgIpc) is 3.42. The number of benzene rings is 1. The first-order chi connectivity index (χ1) is 13.7. The Kier molecular flexibility index (Phi) is 4.39. The van der Waals surface area contributed by atoms with Crippen LogP contribution in [-0.4, -0.2) is 38.8 Å². The molecule has 7 heteroatoms. The predicted octanol–water partition coefficient (Wildman–Crippen LogP) is 3.97. The second kappa shape index (κ2) is 7.05. The number of urea groups is 1. The van der Waals surface area contributed by atoms with Crippen molar-refractivity contribution in [3.8, 4) is 0 Å². The van der Waals surface area contributed by atoms with E-state index in [2.05, 4.69) is 16.8 Å². The maximum absolute atomic E-state index is 12.9. The van der Waals surface area contributed by atoms with Gasteiger partial charge in [-0.1, -0.05) is 42.5 Å². The van der Waals surface area contributed by atoms with Gasteiger partial charge >= 0.3 is 6.03 Å². The van der Waals surface area contributed by atoms with Gasteiger partial charge in [-0.2, -0.15) is 5.06 Å². The van der Waals surface area contributed by atoms with Crippen molar-refractivity contribution in [2.75, 3.05) is 6.54 Å². The topological polar surface area (TPSA) is 71.7 Å². The van der Waals surface area contributed by atoms with Crippen LogP contribution in [-0.2, 0) is 11.4 Å². The van der Waals surface area contributed by atoms with Crippen LogP contribution in [0.3, 0.4) is 0 Å². The molecule has 2 saturated heterocycles. The summed E-state index contributed by atoms with van der Waals surface area (Å²) in [5.41, 5.74) is 2.29. The van der Waals surface area contributed by atoms with Crippen LogP contribution in [0.25, 0.3) is 0 Å². The molecule has 146 valence electrons. The summed E-state index contributed by atoms with van der Waals surface area (Å²) < 4.78 is 6.00. The zero-order chi connectivity index (χ0) is 19.1. The Morgan fingerprint density at radius 3 is 2.75 bits per heavy atom. The van der Waals surface area contributed by atoms with Crippen LogP contribution in [0, 0.1) is 0 Å². The molecule has 1 aromatic carbocycles. The number of hydrogen-bond acceptors (Lipinski definition) is 5. The number of rotatable bonds is 5. The number of fused-ring (bicyclic) bond motifs is 2. The third-order valence-electron chi connectivity index (χ3n) is 6.01. The first kappa shape index (κ1) is 17.4. The second-order valence-corrected chi connectivity index (χ2v) is 7.93. The van der Waals surface area contributed by atoms with Gasteiger partial charge in [-0.05, 0) is 37.7 Å². The molecule has 3 aliphatic rings. The van der Waals surface area contributed by atoms with Crippen LogP contribution < -0.4 is 0 Å². The molecular formula is C21H24N4O3. The van der Waals surface area contributed by atoms with E-state index in [0.29, 0.717) is 24.9 Å². The van der Waals surface area contributed by atoms with Crippen LogP contribution in [0.5, 0.6) is 0 Å². The number of carbonyl (C=O) groups excluding carboxylic acids is 1. The monoisotopic (exact) mass is 380 g/mol. The number of hydrogen-bond donors (Lipinski definition) is 0. The van der Waals surface area contributed by atoms with Crippen molar-refractivity contribution in [2.24, 2.45) is 0 Å². The standard InChI is InChI=1S/C21H24N4O3/c1-14-7-8-16(11-14)19-22-23-20(28-19)18-10-9-17-12-24(18)21(26)25(17)27-13-15-5-3-2-4-6-15/h2-6,16-18H,1,7-13H2/t16?,17-,18+/m1/s1. The van der Waals surface area contributed by atoms with E-state index >= 15 is 0 Å². The Hall–Kier alpha value is -2.67. The summed E-state index contributed by atoms with van der Waals surface area (Å²) in [6.07, 6.45) is 4.61. The Morgan fingerprint density at radius 2 is 1.96 bits per heavy atom.